The zero-order valence-corrected chi connectivity index (χ0v) is 16.4. The number of para-hydroxylation sites is 1. The van der Waals surface area contributed by atoms with Crippen molar-refractivity contribution < 1.29 is 18.7 Å². The van der Waals surface area contributed by atoms with Gasteiger partial charge in [0.2, 0.25) is 0 Å². The number of hydrogen-bond donors (Lipinski definition) is 0. The fraction of sp³-hybridized carbons (Fsp3) is 0.111. The second kappa shape index (κ2) is 8.24. The van der Waals surface area contributed by atoms with Gasteiger partial charge < -0.3 is 4.74 Å². The van der Waals surface area contributed by atoms with Gasteiger partial charge in [-0.25, -0.2) is 4.39 Å². The number of halogens is 3. The topological polar surface area (TPSA) is 46.6 Å². The maximum atomic E-state index is 13.9. The van der Waals surface area contributed by atoms with Crippen LogP contribution in [-0.2, 0) is 4.79 Å². The number of carbonyl (C=O) groups excluding carboxylic acids is 2. The van der Waals surface area contributed by atoms with Crippen LogP contribution in [0.2, 0.25) is 5.02 Å². The largest absolute Gasteiger partial charge is 0.490 e. The third-order valence-corrected chi connectivity index (χ3v) is 5.24. The van der Waals surface area contributed by atoms with Crippen molar-refractivity contribution in [3.05, 3.63) is 68.2 Å². The van der Waals surface area contributed by atoms with Gasteiger partial charge in [-0.3, -0.25) is 14.5 Å². The van der Waals surface area contributed by atoms with Crippen LogP contribution in [0.1, 0.15) is 5.56 Å². The van der Waals surface area contributed by atoms with E-state index in [1.807, 2.05) is 0 Å². The summed E-state index contributed by atoms with van der Waals surface area (Å²) in [5, 5.41) is 0.0334. The second-order valence-electron chi connectivity index (χ2n) is 5.28. The van der Waals surface area contributed by atoms with Gasteiger partial charge in [-0.05, 0) is 48.2 Å². The van der Waals surface area contributed by atoms with Crippen LogP contribution in [-0.4, -0.2) is 29.2 Å². The number of hydrogen-bond acceptors (Lipinski definition) is 4. The number of thioether (sulfide) groups is 1. The Morgan fingerprint density at radius 2 is 2.00 bits per heavy atom. The monoisotopic (exact) mass is 455 g/mol. The average Bonchev–Trinajstić information content (AvgIpc) is 2.87. The lowest BCUT2D eigenvalue weighted by Gasteiger charge is -2.13. The number of carbonyl (C=O) groups is 2. The predicted octanol–water partition coefficient (Wildman–Crippen LogP) is 5.36. The Morgan fingerprint density at radius 3 is 2.77 bits per heavy atom. The maximum Gasteiger partial charge on any atom is 0.293 e. The molecule has 0 saturated carbocycles. The van der Waals surface area contributed by atoms with Gasteiger partial charge in [-0.1, -0.05) is 39.7 Å². The van der Waals surface area contributed by atoms with E-state index in [0.717, 1.165) is 16.7 Å². The maximum absolute atomic E-state index is 13.9. The van der Waals surface area contributed by atoms with Crippen molar-refractivity contribution in [3.8, 4) is 5.75 Å². The van der Waals surface area contributed by atoms with Gasteiger partial charge in [0.05, 0.1) is 16.5 Å². The van der Waals surface area contributed by atoms with Gasteiger partial charge in [0.1, 0.15) is 18.2 Å². The van der Waals surface area contributed by atoms with E-state index >= 15 is 0 Å². The summed E-state index contributed by atoms with van der Waals surface area (Å²) >= 11 is 10.0. The summed E-state index contributed by atoms with van der Waals surface area (Å²) in [7, 11) is 0. The first kappa shape index (κ1) is 18.9. The van der Waals surface area contributed by atoms with Gasteiger partial charge in [-0.15, -0.1) is 0 Å². The fourth-order valence-electron chi connectivity index (χ4n) is 2.27. The molecule has 1 aliphatic rings. The molecular formula is C18H12BrClFNO3S. The molecule has 0 bridgehead atoms. The van der Waals surface area contributed by atoms with Gasteiger partial charge in [0.15, 0.2) is 0 Å². The van der Waals surface area contributed by atoms with Crippen LogP contribution in [0.15, 0.2) is 51.8 Å². The van der Waals surface area contributed by atoms with Gasteiger partial charge in [0, 0.05) is 10.0 Å². The van der Waals surface area contributed by atoms with Gasteiger partial charge in [0.25, 0.3) is 11.1 Å². The third kappa shape index (κ3) is 4.28. The molecule has 4 nitrogen and oxygen atoms in total. The van der Waals surface area contributed by atoms with Crippen LogP contribution >= 0.6 is 39.3 Å². The highest BCUT2D eigenvalue weighted by Crippen LogP contribution is 2.33. The average molecular weight is 457 g/mol. The molecular weight excluding hydrogens is 445 g/mol. The molecule has 2 amide bonds. The smallest absolute Gasteiger partial charge is 0.293 e. The van der Waals surface area contributed by atoms with Crippen molar-refractivity contribution in [1.82, 2.24) is 4.90 Å². The first-order valence-electron chi connectivity index (χ1n) is 7.53. The Bertz CT molecular complexity index is 906. The molecule has 3 rings (SSSR count). The summed E-state index contributed by atoms with van der Waals surface area (Å²) in [6, 6.07) is 11.3. The number of rotatable bonds is 5. The Hall–Kier alpha value is -1.83. The Balaban J connectivity index is 1.68. The number of amides is 2. The van der Waals surface area contributed by atoms with E-state index in [1.165, 1.54) is 12.1 Å². The molecule has 1 aliphatic heterocycles. The van der Waals surface area contributed by atoms with Crippen molar-refractivity contribution >= 4 is 56.5 Å². The van der Waals surface area contributed by atoms with Crippen LogP contribution in [0.3, 0.4) is 0 Å². The van der Waals surface area contributed by atoms with E-state index in [0.29, 0.717) is 15.2 Å². The Labute approximate surface area is 167 Å². The molecule has 0 radical (unpaired) electrons. The zero-order chi connectivity index (χ0) is 18.7. The minimum atomic E-state index is -0.470. The molecule has 0 spiro atoms. The number of imide groups is 1. The van der Waals surface area contributed by atoms with Crippen molar-refractivity contribution in [1.29, 1.82) is 0 Å². The zero-order valence-electron chi connectivity index (χ0n) is 13.2. The molecule has 0 unspecified atom stereocenters. The SMILES string of the molecule is O=C1S/C(=C\c2cc(Br)ccc2F)C(=O)N1CCOc1ccccc1Cl. The van der Waals surface area contributed by atoms with E-state index in [4.69, 9.17) is 16.3 Å². The summed E-state index contributed by atoms with van der Waals surface area (Å²) in [4.78, 5) is 25.8. The Kier molecular flexibility index (Phi) is 6.01. The first-order chi connectivity index (χ1) is 12.5. The normalized spacial score (nSPS) is 15.8. The molecule has 0 N–H and O–H groups in total. The molecule has 1 saturated heterocycles. The number of nitrogens with zero attached hydrogens (tertiary/aromatic N) is 1. The van der Waals surface area contributed by atoms with Crippen molar-refractivity contribution in [3.63, 3.8) is 0 Å². The standard InChI is InChI=1S/C18H12BrClFNO3S/c19-12-5-6-14(21)11(9-12)10-16-17(23)22(18(24)26-16)7-8-25-15-4-2-1-3-13(15)20/h1-6,9-10H,7-8H2/b16-10-. The Morgan fingerprint density at radius 1 is 1.23 bits per heavy atom. The number of benzene rings is 2. The molecule has 1 fully saturated rings. The van der Waals surface area contributed by atoms with E-state index in [1.54, 1.807) is 36.4 Å². The molecule has 134 valence electrons. The third-order valence-electron chi connectivity index (χ3n) is 3.53. The fourth-order valence-corrected chi connectivity index (χ4v) is 3.69. The van der Waals surface area contributed by atoms with E-state index in [2.05, 4.69) is 15.9 Å². The highest BCUT2D eigenvalue weighted by Gasteiger charge is 2.35. The van der Waals surface area contributed by atoms with Crippen LogP contribution in [0.4, 0.5) is 9.18 Å². The molecule has 0 atom stereocenters. The molecule has 1 heterocycles. The lowest BCUT2D eigenvalue weighted by molar-refractivity contribution is -0.123. The molecule has 8 heteroatoms. The van der Waals surface area contributed by atoms with E-state index in [9.17, 15) is 14.0 Å². The first-order valence-corrected chi connectivity index (χ1v) is 9.52. The van der Waals surface area contributed by atoms with Crippen LogP contribution in [0, 0.1) is 5.82 Å². The molecule has 2 aromatic rings. The van der Waals surface area contributed by atoms with Gasteiger partial charge in [-0.2, -0.15) is 0 Å². The summed E-state index contributed by atoms with van der Waals surface area (Å²) in [5.74, 6) is -0.461. The van der Waals surface area contributed by atoms with Crippen molar-refractivity contribution in [2.75, 3.05) is 13.2 Å². The summed E-state index contributed by atoms with van der Waals surface area (Å²) in [6.07, 6.45) is 1.37. The molecule has 0 aromatic heterocycles. The minimum Gasteiger partial charge on any atom is -0.490 e. The molecule has 26 heavy (non-hydrogen) atoms. The molecule has 0 aliphatic carbocycles. The van der Waals surface area contributed by atoms with Crippen molar-refractivity contribution in [2.24, 2.45) is 0 Å². The predicted molar refractivity (Wildman–Crippen MR) is 104 cm³/mol. The van der Waals surface area contributed by atoms with E-state index in [-0.39, 0.29) is 23.6 Å². The summed E-state index contributed by atoms with van der Waals surface area (Å²) < 4.78 is 20.0. The lowest BCUT2D eigenvalue weighted by Crippen LogP contribution is -2.32. The molecule has 2 aromatic carbocycles. The summed E-state index contributed by atoms with van der Waals surface area (Å²) in [5.41, 5.74) is 0.234. The quantitative estimate of drug-likeness (QED) is 0.569. The van der Waals surface area contributed by atoms with Gasteiger partial charge >= 0.3 is 0 Å². The number of ether oxygens (including phenoxy) is 1. The highest BCUT2D eigenvalue weighted by molar-refractivity contribution is 9.10. The van der Waals surface area contributed by atoms with E-state index < -0.39 is 17.0 Å². The van der Waals surface area contributed by atoms with Crippen LogP contribution < -0.4 is 4.74 Å². The minimum absolute atomic E-state index is 0.0776. The van der Waals surface area contributed by atoms with Crippen LogP contribution in [0.5, 0.6) is 5.75 Å². The van der Waals surface area contributed by atoms with Crippen LogP contribution in [0.25, 0.3) is 6.08 Å². The highest BCUT2D eigenvalue weighted by atomic mass is 79.9. The lowest BCUT2D eigenvalue weighted by atomic mass is 10.2. The second-order valence-corrected chi connectivity index (χ2v) is 7.59. The summed E-state index contributed by atoms with van der Waals surface area (Å²) in [6.45, 7) is 0.189. The van der Waals surface area contributed by atoms with Crippen molar-refractivity contribution in [2.45, 2.75) is 0 Å².